The first-order valence-corrected chi connectivity index (χ1v) is 5.75. The third-order valence-corrected chi connectivity index (χ3v) is 3.49. The molecule has 0 unspecified atom stereocenters. The van der Waals surface area contributed by atoms with Crippen LogP contribution in [0.15, 0.2) is 42.5 Å². The SMILES string of the molecule is Cc1c2ccccc2c2ccc(N)cc2[n+]1C.[Br-]. The van der Waals surface area contributed by atoms with Gasteiger partial charge in [0.2, 0.25) is 5.52 Å². The molecule has 0 fully saturated rings. The summed E-state index contributed by atoms with van der Waals surface area (Å²) < 4.78 is 2.20. The molecule has 0 aliphatic heterocycles. The summed E-state index contributed by atoms with van der Waals surface area (Å²) in [6, 6.07) is 14.6. The van der Waals surface area contributed by atoms with Gasteiger partial charge in [-0.2, -0.15) is 4.57 Å². The van der Waals surface area contributed by atoms with E-state index in [1.165, 1.54) is 27.4 Å². The molecule has 0 radical (unpaired) electrons. The predicted octanol–water partition coefficient (Wildman–Crippen LogP) is -0.288. The van der Waals surface area contributed by atoms with Gasteiger partial charge >= 0.3 is 0 Å². The van der Waals surface area contributed by atoms with Crippen LogP contribution in [-0.4, -0.2) is 0 Å². The first kappa shape index (κ1) is 12.8. The minimum atomic E-state index is 0. The zero-order valence-electron chi connectivity index (χ0n) is 10.4. The van der Waals surface area contributed by atoms with Crippen molar-refractivity contribution in [1.82, 2.24) is 0 Å². The molecule has 3 heteroatoms. The number of benzene rings is 2. The minimum absolute atomic E-state index is 0. The Bertz CT molecular complexity index is 735. The van der Waals surface area contributed by atoms with Crippen molar-refractivity contribution in [3.05, 3.63) is 48.2 Å². The highest BCUT2D eigenvalue weighted by Crippen LogP contribution is 2.25. The van der Waals surface area contributed by atoms with Gasteiger partial charge in [0.05, 0.1) is 5.39 Å². The van der Waals surface area contributed by atoms with Gasteiger partial charge in [0.1, 0.15) is 7.05 Å². The van der Waals surface area contributed by atoms with Crippen molar-refractivity contribution >= 4 is 27.4 Å². The minimum Gasteiger partial charge on any atom is -1.00 e. The number of nitrogens with zero attached hydrogens (tertiary/aromatic N) is 1. The number of hydrogen-bond donors (Lipinski definition) is 1. The van der Waals surface area contributed by atoms with Crippen molar-refractivity contribution in [1.29, 1.82) is 0 Å². The van der Waals surface area contributed by atoms with E-state index in [1.807, 2.05) is 12.1 Å². The average molecular weight is 303 g/mol. The highest BCUT2D eigenvalue weighted by Gasteiger charge is 2.14. The van der Waals surface area contributed by atoms with Crippen molar-refractivity contribution < 1.29 is 21.5 Å². The average Bonchev–Trinajstić information content (AvgIpc) is 2.36. The number of rotatable bonds is 0. The Hall–Kier alpha value is -1.61. The molecule has 1 heterocycles. The third-order valence-electron chi connectivity index (χ3n) is 3.49. The Labute approximate surface area is 117 Å². The molecule has 0 aliphatic rings. The fraction of sp³-hybridized carbons (Fsp3) is 0.133. The Morgan fingerprint density at radius 1 is 0.944 bits per heavy atom. The van der Waals surface area contributed by atoms with Crippen LogP contribution in [0.2, 0.25) is 0 Å². The molecule has 3 rings (SSSR count). The lowest BCUT2D eigenvalue weighted by atomic mass is 10.0. The summed E-state index contributed by atoms with van der Waals surface area (Å²) in [7, 11) is 2.09. The largest absolute Gasteiger partial charge is 1.00 e. The summed E-state index contributed by atoms with van der Waals surface area (Å²) in [5.41, 5.74) is 9.13. The van der Waals surface area contributed by atoms with E-state index in [9.17, 15) is 0 Å². The quantitative estimate of drug-likeness (QED) is 0.345. The van der Waals surface area contributed by atoms with Gasteiger partial charge in [-0.05, 0) is 18.2 Å². The number of nitrogens with two attached hydrogens (primary N) is 1. The molecule has 18 heavy (non-hydrogen) atoms. The Kier molecular flexibility index (Phi) is 3.26. The Morgan fingerprint density at radius 3 is 2.33 bits per heavy atom. The molecule has 2 aromatic carbocycles. The molecule has 0 saturated carbocycles. The van der Waals surface area contributed by atoms with Crippen LogP contribution in [0, 0.1) is 6.92 Å². The van der Waals surface area contributed by atoms with Gasteiger partial charge in [-0.25, -0.2) is 0 Å². The lowest BCUT2D eigenvalue weighted by Gasteiger charge is -2.06. The van der Waals surface area contributed by atoms with Crippen LogP contribution in [0.5, 0.6) is 0 Å². The van der Waals surface area contributed by atoms with Gasteiger partial charge < -0.3 is 22.7 Å². The van der Waals surface area contributed by atoms with Crippen molar-refractivity contribution in [3.8, 4) is 0 Å². The molecule has 0 saturated heterocycles. The van der Waals surface area contributed by atoms with Gasteiger partial charge in [-0.3, -0.25) is 0 Å². The summed E-state index contributed by atoms with van der Waals surface area (Å²) in [6.07, 6.45) is 0. The van der Waals surface area contributed by atoms with Gasteiger partial charge in [0.25, 0.3) is 0 Å². The van der Waals surface area contributed by atoms with Gasteiger partial charge in [-0.1, -0.05) is 18.2 Å². The molecular weight excluding hydrogens is 288 g/mol. The van der Waals surface area contributed by atoms with Crippen molar-refractivity contribution in [2.45, 2.75) is 6.92 Å². The van der Waals surface area contributed by atoms with E-state index in [2.05, 4.69) is 48.9 Å². The van der Waals surface area contributed by atoms with E-state index in [1.54, 1.807) is 0 Å². The lowest BCUT2D eigenvalue weighted by Crippen LogP contribution is -3.00. The predicted molar refractivity (Wildman–Crippen MR) is 71.8 cm³/mol. The van der Waals surface area contributed by atoms with E-state index >= 15 is 0 Å². The van der Waals surface area contributed by atoms with Crippen LogP contribution in [0.3, 0.4) is 0 Å². The van der Waals surface area contributed by atoms with E-state index in [0.717, 1.165) is 5.69 Å². The summed E-state index contributed by atoms with van der Waals surface area (Å²) in [5, 5.41) is 3.84. The summed E-state index contributed by atoms with van der Waals surface area (Å²) in [6.45, 7) is 2.14. The second-order valence-electron chi connectivity index (χ2n) is 4.47. The molecule has 1 aromatic heterocycles. The molecule has 0 aliphatic carbocycles. The van der Waals surface area contributed by atoms with Gasteiger partial charge in [0, 0.05) is 29.4 Å². The van der Waals surface area contributed by atoms with Crippen LogP contribution >= 0.6 is 0 Å². The summed E-state index contributed by atoms with van der Waals surface area (Å²) >= 11 is 0. The first-order valence-electron chi connectivity index (χ1n) is 5.75. The number of anilines is 1. The molecule has 2 N–H and O–H groups in total. The smallest absolute Gasteiger partial charge is 0.215 e. The highest BCUT2D eigenvalue weighted by molar-refractivity contribution is 6.05. The molecule has 0 bridgehead atoms. The van der Waals surface area contributed by atoms with Crippen LogP contribution < -0.4 is 27.3 Å². The summed E-state index contributed by atoms with van der Waals surface area (Å²) in [5.74, 6) is 0. The zero-order chi connectivity index (χ0) is 12.0. The van der Waals surface area contributed by atoms with Gasteiger partial charge in [-0.15, -0.1) is 0 Å². The van der Waals surface area contributed by atoms with E-state index in [0.29, 0.717) is 0 Å². The van der Waals surface area contributed by atoms with E-state index in [-0.39, 0.29) is 17.0 Å². The number of aromatic nitrogens is 1. The molecule has 0 amide bonds. The van der Waals surface area contributed by atoms with Crippen molar-refractivity contribution in [3.63, 3.8) is 0 Å². The van der Waals surface area contributed by atoms with E-state index in [4.69, 9.17) is 5.73 Å². The lowest BCUT2D eigenvalue weighted by molar-refractivity contribution is -0.649. The molecule has 0 spiro atoms. The maximum atomic E-state index is 5.87. The van der Waals surface area contributed by atoms with Crippen LogP contribution in [0.25, 0.3) is 21.7 Å². The number of hydrogen-bond acceptors (Lipinski definition) is 1. The molecular formula is C15H15BrN2. The number of fused-ring (bicyclic) bond motifs is 3. The normalized spacial score (nSPS) is 10.6. The van der Waals surface area contributed by atoms with E-state index < -0.39 is 0 Å². The van der Waals surface area contributed by atoms with Crippen molar-refractivity contribution in [2.75, 3.05) is 5.73 Å². The van der Waals surface area contributed by atoms with Crippen molar-refractivity contribution in [2.24, 2.45) is 7.05 Å². The number of nitrogen functional groups attached to an aromatic ring is 1. The standard InChI is InChI=1S/C15H14N2.BrH/c1-10-12-5-3-4-6-13(12)14-8-7-11(16)9-15(14)17(10)2;/h3-9,16H,1-2H3;1H. The Morgan fingerprint density at radius 2 is 1.61 bits per heavy atom. The number of halogens is 1. The first-order chi connectivity index (χ1) is 8.18. The Balaban J connectivity index is 0.00000120. The molecule has 92 valence electrons. The highest BCUT2D eigenvalue weighted by atomic mass is 79.9. The van der Waals surface area contributed by atoms with Gasteiger partial charge in [0.15, 0.2) is 5.69 Å². The maximum absolute atomic E-state index is 5.87. The molecule has 3 aromatic rings. The summed E-state index contributed by atoms with van der Waals surface area (Å²) in [4.78, 5) is 0. The molecule has 0 atom stereocenters. The second-order valence-corrected chi connectivity index (χ2v) is 4.47. The van der Waals surface area contributed by atoms with Crippen LogP contribution in [-0.2, 0) is 7.05 Å². The third kappa shape index (κ3) is 1.75. The topological polar surface area (TPSA) is 29.9 Å². The number of aryl methyl sites for hydroxylation is 2. The maximum Gasteiger partial charge on any atom is 0.215 e. The second kappa shape index (κ2) is 4.58. The van der Waals surface area contributed by atoms with Crippen LogP contribution in [0.1, 0.15) is 5.69 Å². The number of pyridine rings is 1. The fourth-order valence-corrected chi connectivity index (χ4v) is 2.45. The molecule has 2 nitrogen and oxygen atoms in total. The zero-order valence-corrected chi connectivity index (χ0v) is 12.0. The fourth-order valence-electron chi connectivity index (χ4n) is 2.45. The van der Waals surface area contributed by atoms with Crippen LogP contribution in [0.4, 0.5) is 5.69 Å². The monoisotopic (exact) mass is 302 g/mol.